The number of benzene rings is 2. The largest absolute Gasteiger partial charge is 0.302 e. The molecule has 0 aliphatic carbocycles. The molecule has 0 spiro atoms. The van der Waals surface area contributed by atoms with Crippen molar-refractivity contribution in [1.29, 1.82) is 0 Å². The molecule has 5 heteroatoms. The summed E-state index contributed by atoms with van der Waals surface area (Å²) in [5.41, 5.74) is 5.34. The van der Waals surface area contributed by atoms with Crippen LogP contribution in [0.25, 0.3) is 16.9 Å². The van der Waals surface area contributed by atoms with Gasteiger partial charge in [0.2, 0.25) is 0 Å². The first-order chi connectivity index (χ1) is 14.1. The van der Waals surface area contributed by atoms with Gasteiger partial charge in [-0.3, -0.25) is 0 Å². The molecule has 2 aromatic heterocycles. The van der Waals surface area contributed by atoms with E-state index in [1.54, 1.807) is 12.1 Å². The summed E-state index contributed by atoms with van der Waals surface area (Å²) >= 11 is 0. The number of hydrogen-bond acceptors (Lipinski definition) is 3. The normalized spacial score (nSPS) is 12.4. The number of aryl methyl sites for hydroxylation is 1. The van der Waals surface area contributed by atoms with Gasteiger partial charge < -0.3 is 4.40 Å². The number of fused-ring (bicyclic) bond motifs is 1. The van der Waals surface area contributed by atoms with E-state index in [1.165, 1.54) is 5.56 Å². The lowest BCUT2D eigenvalue weighted by Crippen LogP contribution is -2.10. The van der Waals surface area contributed by atoms with Crippen LogP contribution >= 0.6 is 0 Å². The van der Waals surface area contributed by atoms with Crippen molar-refractivity contribution in [3.05, 3.63) is 89.7 Å². The topological polar surface area (TPSA) is 51.4 Å². The van der Waals surface area contributed by atoms with E-state index < -0.39 is 9.84 Å². The summed E-state index contributed by atoms with van der Waals surface area (Å²) < 4.78 is 28.2. The van der Waals surface area contributed by atoms with E-state index in [2.05, 4.69) is 32.9 Å². The third kappa shape index (κ3) is 3.90. The number of imidazole rings is 1. The van der Waals surface area contributed by atoms with E-state index in [1.807, 2.05) is 60.0 Å². The summed E-state index contributed by atoms with van der Waals surface area (Å²) in [6, 6.07) is 21.0. The molecule has 0 aliphatic heterocycles. The zero-order chi connectivity index (χ0) is 21.5. The van der Waals surface area contributed by atoms with Crippen molar-refractivity contribution in [3.63, 3.8) is 0 Å². The van der Waals surface area contributed by atoms with Crippen LogP contribution in [-0.4, -0.2) is 17.8 Å². The van der Waals surface area contributed by atoms with Gasteiger partial charge in [-0.15, -0.1) is 0 Å². The van der Waals surface area contributed by atoms with Crippen molar-refractivity contribution < 1.29 is 8.42 Å². The molecule has 0 amide bonds. The molecule has 4 nitrogen and oxygen atoms in total. The molecule has 4 rings (SSSR count). The first kappa shape index (κ1) is 20.4. The molecule has 0 atom stereocenters. The maximum absolute atomic E-state index is 13.2. The van der Waals surface area contributed by atoms with Crippen LogP contribution in [0.2, 0.25) is 0 Å². The quantitative estimate of drug-likeness (QED) is 0.435. The second kappa shape index (κ2) is 7.40. The number of aromatic nitrogens is 2. The monoisotopic (exact) mass is 418 g/mol. The molecule has 4 aromatic rings. The Balaban J connectivity index is 1.82. The summed E-state index contributed by atoms with van der Waals surface area (Å²) in [5.74, 6) is -0.113. The minimum Gasteiger partial charge on any atom is -0.302 e. The molecular weight excluding hydrogens is 392 g/mol. The second-order valence-corrected chi connectivity index (χ2v) is 10.7. The second-order valence-electron chi connectivity index (χ2n) is 8.74. The molecule has 2 heterocycles. The Kier molecular flexibility index (Phi) is 5.02. The van der Waals surface area contributed by atoms with Gasteiger partial charge in [-0.25, -0.2) is 13.4 Å². The molecule has 30 heavy (non-hydrogen) atoms. The smallest absolute Gasteiger partial charge is 0.184 e. The zero-order valence-corrected chi connectivity index (χ0v) is 18.6. The Hall–Kier alpha value is -2.92. The van der Waals surface area contributed by atoms with E-state index in [9.17, 15) is 8.42 Å². The van der Waals surface area contributed by atoms with E-state index in [-0.39, 0.29) is 11.2 Å². The van der Waals surface area contributed by atoms with Gasteiger partial charge in [-0.05, 0) is 42.2 Å². The van der Waals surface area contributed by atoms with Gasteiger partial charge in [0.25, 0.3) is 0 Å². The van der Waals surface area contributed by atoms with Crippen LogP contribution in [0, 0.1) is 6.92 Å². The predicted octanol–water partition coefficient (Wildman–Crippen LogP) is 5.58. The molecule has 0 aliphatic rings. The highest BCUT2D eigenvalue weighted by Crippen LogP contribution is 2.30. The fraction of sp³-hybridized carbons (Fsp3) is 0.240. The Morgan fingerprint density at radius 3 is 2.20 bits per heavy atom. The number of rotatable bonds is 4. The first-order valence-corrected chi connectivity index (χ1v) is 11.7. The molecule has 0 bridgehead atoms. The van der Waals surface area contributed by atoms with Gasteiger partial charge in [0, 0.05) is 11.8 Å². The Bertz CT molecular complexity index is 1290. The van der Waals surface area contributed by atoms with E-state index >= 15 is 0 Å². The third-order valence-corrected chi connectivity index (χ3v) is 7.00. The van der Waals surface area contributed by atoms with Crippen molar-refractivity contribution >= 4 is 15.5 Å². The zero-order valence-electron chi connectivity index (χ0n) is 17.8. The molecule has 0 saturated heterocycles. The lowest BCUT2D eigenvalue weighted by atomic mass is 9.86. The highest BCUT2D eigenvalue weighted by Gasteiger charge is 2.23. The summed E-state index contributed by atoms with van der Waals surface area (Å²) in [5, 5.41) is 0. The molecule has 0 unspecified atom stereocenters. The van der Waals surface area contributed by atoms with Gasteiger partial charge >= 0.3 is 0 Å². The fourth-order valence-electron chi connectivity index (χ4n) is 3.55. The minimum absolute atomic E-state index is 0.0506. The third-order valence-electron chi connectivity index (χ3n) is 5.36. The van der Waals surface area contributed by atoms with Crippen molar-refractivity contribution in [2.75, 3.05) is 0 Å². The lowest BCUT2D eigenvalue weighted by Gasteiger charge is -2.19. The Labute approximate surface area is 178 Å². The van der Waals surface area contributed by atoms with Crippen LogP contribution in [0.5, 0.6) is 0 Å². The summed E-state index contributed by atoms with van der Waals surface area (Å²) in [7, 11) is -3.51. The van der Waals surface area contributed by atoms with Crippen LogP contribution in [0.15, 0.2) is 77.8 Å². The predicted molar refractivity (Wildman–Crippen MR) is 121 cm³/mol. The number of hydrogen-bond donors (Lipinski definition) is 0. The van der Waals surface area contributed by atoms with Gasteiger partial charge in [0.1, 0.15) is 5.65 Å². The van der Waals surface area contributed by atoms with Crippen molar-refractivity contribution in [2.45, 2.75) is 43.8 Å². The van der Waals surface area contributed by atoms with Gasteiger partial charge in [0.05, 0.1) is 22.0 Å². The highest BCUT2D eigenvalue weighted by molar-refractivity contribution is 7.90. The fourth-order valence-corrected chi connectivity index (χ4v) is 4.91. The summed E-state index contributed by atoms with van der Waals surface area (Å²) in [4.78, 5) is 5.09. The maximum Gasteiger partial charge on any atom is 0.184 e. The van der Waals surface area contributed by atoms with Crippen LogP contribution in [-0.2, 0) is 21.0 Å². The average Bonchev–Trinajstić information content (AvgIpc) is 3.06. The Morgan fingerprint density at radius 1 is 0.900 bits per heavy atom. The molecule has 0 N–H and O–H groups in total. The molecule has 154 valence electrons. The number of nitrogens with zero attached hydrogens (tertiary/aromatic N) is 2. The van der Waals surface area contributed by atoms with Crippen molar-refractivity contribution in [2.24, 2.45) is 0 Å². The Morgan fingerprint density at radius 2 is 1.57 bits per heavy atom. The maximum atomic E-state index is 13.2. The van der Waals surface area contributed by atoms with Crippen molar-refractivity contribution in [3.8, 4) is 11.3 Å². The standard InChI is InChI=1S/C25H26N2O2S/c1-18-8-14-21(15-9-18)30(28,29)17-22-24(26-23-7-5-6-16-27(22)23)19-10-12-20(13-11-19)25(2,3)4/h5-16H,17H2,1-4H3. The van der Waals surface area contributed by atoms with Crippen LogP contribution in [0.3, 0.4) is 0 Å². The highest BCUT2D eigenvalue weighted by atomic mass is 32.2. The van der Waals surface area contributed by atoms with Crippen molar-refractivity contribution in [1.82, 2.24) is 9.38 Å². The minimum atomic E-state index is -3.51. The lowest BCUT2D eigenvalue weighted by molar-refractivity contribution is 0.590. The van der Waals surface area contributed by atoms with Gasteiger partial charge in [-0.2, -0.15) is 0 Å². The number of pyridine rings is 1. The van der Waals surface area contributed by atoms with E-state index in [0.29, 0.717) is 16.3 Å². The van der Waals surface area contributed by atoms with E-state index in [0.717, 1.165) is 16.8 Å². The average molecular weight is 419 g/mol. The van der Waals surface area contributed by atoms with Crippen LogP contribution in [0.1, 0.15) is 37.6 Å². The molecule has 0 saturated carbocycles. The SMILES string of the molecule is Cc1ccc(S(=O)(=O)Cc2c(-c3ccc(C(C)(C)C)cc3)nc3ccccn23)cc1. The summed E-state index contributed by atoms with van der Waals surface area (Å²) in [6.45, 7) is 8.46. The van der Waals surface area contributed by atoms with Crippen LogP contribution < -0.4 is 0 Å². The summed E-state index contributed by atoms with van der Waals surface area (Å²) in [6.07, 6.45) is 1.87. The number of sulfone groups is 1. The van der Waals surface area contributed by atoms with Crippen LogP contribution in [0.4, 0.5) is 0 Å². The molecule has 2 aromatic carbocycles. The van der Waals surface area contributed by atoms with Gasteiger partial charge in [0.15, 0.2) is 9.84 Å². The van der Waals surface area contributed by atoms with E-state index in [4.69, 9.17) is 4.98 Å². The molecular formula is C25H26N2O2S. The molecule has 0 fully saturated rings. The van der Waals surface area contributed by atoms with Gasteiger partial charge in [-0.1, -0.05) is 68.8 Å². The molecule has 0 radical (unpaired) electrons. The first-order valence-electron chi connectivity index (χ1n) is 10.0.